The third kappa shape index (κ3) is 5.28. The van der Waals surface area contributed by atoms with Gasteiger partial charge in [-0.3, -0.25) is 0 Å². The van der Waals surface area contributed by atoms with Crippen LogP contribution in [-0.2, 0) is 0 Å². The first-order valence-electron chi connectivity index (χ1n) is 2.88. The Morgan fingerprint density at radius 1 is 1.75 bits per heavy atom. The number of hydrogen-bond acceptors (Lipinski definition) is 1. The average molecular weight is 111 g/mol. The van der Waals surface area contributed by atoms with E-state index >= 15 is 0 Å². The second-order valence-electron chi connectivity index (χ2n) is 1.77. The van der Waals surface area contributed by atoms with Crippen LogP contribution < -0.4 is 5.73 Å². The Morgan fingerprint density at radius 2 is 2.38 bits per heavy atom. The average Bonchev–Trinajstić information content (AvgIpc) is 1.66. The highest BCUT2D eigenvalue weighted by molar-refractivity contribution is 5.09. The first-order chi connectivity index (χ1) is 3.77. The van der Waals surface area contributed by atoms with Crippen molar-refractivity contribution in [2.75, 3.05) is 0 Å². The van der Waals surface area contributed by atoms with Crippen LogP contribution in [0.5, 0.6) is 0 Å². The Bertz CT molecular complexity index is 92.6. The van der Waals surface area contributed by atoms with Crippen molar-refractivity contribution < 1.29 is 0 Å². The van der Waals surface area contributed by atoms with Crippen LogP contribution in [0.4, 0.5) is 0 Å². The largest absolute Gasteiger partial charge is 0.399 e. The lowest BCUT2D eigenvalue weighted by molar-refractivity contribution is 0.957. The molecule has 0 atom stereocenters. The van der Waals surface area contributed by atoms with E-state index in [-0.39, 0.29) is 0 Å². The van der Waals surface area contributed by atoms with Crippen LogP contribution in [0, 0.1) is 0 Å². The number of allylic oxidation sites excluding steroid dienone is 2. The van der Waals surface area contributed by atoms with Gasteiger partial charge in [-0.1, -0.05) is 26.0 Å². The summed E-state index contributed by atoms with van der Waals surface area (Å²) < 4.78 is 0. The molecule has 0 aliphatic rings. The summed E-state index contributed by atoms with van der Waals surface area (Å²) in [6, 6.07) is 0. The van der Waals surface area contributed by atoms with Gasteiger partial charge in [-0.2, -0.15) is 0 Å². The topological polar surface area (TPSA) is 26.0 Å². The Balaban J connectivity index is 3.20. The molecule has 0 rings (SSSR count). The molecule has 0 aromatic carbocycles. The second-order valence-corrected chi connectivity index (χ2v) is 1.77. The van der Waals surface area contributed by atoms with Gasteiger partial charge in [0.1, 0.15) is 0 Å². The van der Waals surface area contributed by atoms with Crippen molar-refractivity contribution in [1.29, 1.82) is 0 Å². The zero-order valence-electron chi connectivity index (χ0n) is 5.35. The molecule has 8 heavy (non-hydrogen) atoms. The maximum atomic E-state index is 5.25. The Morgan fingerprint density at radius 3 is 2.75 bits per heavy atom. The summed E-state index contributed by atoms with van der Waals surface area (Å²) in [5.74, 6) is 0. The second kappa shape index (κ2) is 4.44. The van der Waals surface area contributed by atoms with Gasteiger partial charge in [0.25, 0.3) is 0 Å². The summed E-state index contributed by atoms with van der Waals surface area (Å²) in [4.78, 5) is 0. The highest BCUT2D eigenvalue weighted by Crippen LogP contribution is 1.89. The van der Waals surface area contributed by atoms with Gasteiger partial charge < -0.3 is 5.73 Å². The molecule has 0 saturated heterocycles. The van der Waals surface area contributed by atoms with E-state index in [0.29, 0.717) is 5.70 Å². The molecule has 1 nitrogen and oxygen atoms in total. The first kappa shape index (κ1) is 7.28. The number of unbranched alkanes of at least 4 members (excludes halogenated alkanes) is 1. The van der Waals surface area contributed by atoms with E-state index in [9.17, 15) is 0 Å². The molecular weight excluding hydrogens is 98.1 g/mol. The highest BCUT2D eigenvalue weighted by atomic mass is 14.5. The molecular formula is C7H13N. The minimum absolute atomic E-state index is 0.637. The van der Waals surface area contributed by atoms with E-state index in [4.69, 9.17) is 5.73 Å². The van der Waals surface area contributed by atoms with Crippen molar-refractivity contribution in [3.63, 3.8) is 0 Å². The van der Waals surface area contributed by atoms with Crippen LogP contribution in [0.15, 0.2) is 24.4 Å². The van der Waals surface area contributed by atoms with Gasteiger partial charge in [0, 0.05) is 5.70 Å². The summed E-state index contributed by atoms with van der Waals surface area (Å²) in [5, 5.41) is 0. The van der Waals surface area contributed by atoms with Crippen molar-refractivity contribution in [2.45, 2.75) is 19.8 Å². The molecule has 0 aliphatic heterocycles. The molecule has 0 aromatic rings. The summed E-state index contributed by atoms with van der Waals surface area (Å²) in [5.41, 5.74) is 5.89. The first-order valence-corrected chi connectivity index (χ1v) is 2.88. The van der Waals surface area contributed by atoms with Crippen molar-refractivity contribution in [2.24, 2.45) is 5.73 Å². The summed E-state index contributed by atoms with van der Waals surface area (Å²) in [7, 11) is 0. The summed E-state index contributed by atoms with van der Waals surface area (Å²) >= 11 is 0. The molecule has 0 amide bonds. The van der Waals surface area contributed by atoms with Crippen LogP contribution in [-0.4, -0.2) is 0 Å². The van der Waals surface area contributed by atoms with Crippen molar-refractivity contribution in [3.05, 3.63) is 24.4 Å². The SMILES string of the molecule is C=C(N)C=CCCC. The van der Waals surface area contributed by atoms with E-state index in [2.05, 4.69) is 13.5 Å². The lowest BCUT2D eigenvalue weighted by atomic mass is 10.3. The Kier molecular flexibility index (Phi) is 4.04. The predicted octanol–water partition coefficient (Wildman–Crippen LogP) is 1.82. The van der Waals surface area contributed by atoms with Crippen LogP contribution in [0.2, 0.25) is 0 Å². The normalized spacial score (nSPS) is 10.1. The molecule has 0 heterocycles. The molecule has 0 fully saturated rings. The van der Waals surface area contributed by atoms with E-state index in [1.807, 2.05) is 12.2 Å². The fraction of sp³-hybridized carbons (Fsp3) is 0.429. The van der Waals surface area contributed by atoms with E-state index in [1.54, 1.807) is 0 Å². The van der Waals surface area contributed by atoms with Gasteiger partial charge in [-0.05, 0) is 12.5 Å². The molecule has 2 N–H and O–H groups in total. The predicted molar refractivity (Wildman–Crippen MR) is 37.4 cm³/mol. The number of nitrogens with two attached hydrogens (primary N) is 1. The quantitative estimate of drug-likeness (QED) is 0.552. The van der Waals surface area contributed by atoms with Crippen LogP contribution >= 0.6 is 0 Å². The maximum absolute atomic E-state index is 5.25. The monoisotopic (exact) mass is 111 g/mol. The Labute approximate surface area is 50.9 Å². The standard InChI is InChI=1S/C7H13N/c1-3-4-5-6-7(2)8/h5-6H,2-4,8H2,1H3. The van der Waals surface area contributed by atoms with Crippen LogP contribution in [0.1, 0.15) is 19.8 Å². The fourth-order valence-electron chi connectivity index (χ4n) is 0.401. The van der Waals surface area contributed by atoms with Gasteiger partial charge >= 0.3 is 0 Å². The van der Waals surface area contributed by atoms with Gasteiger partial charge in [0.2, 0.25) is 0 Å². The van der Waals surface area contributed by atoms with Gasteiger partial charge in [-0.25, -0.2) is 0 Å². The lowest BCUT2D eigenvalue weighted by Crippen LogP contribution is -1.87. The smallest absolute Gasteiger partial charge is 0.0237 e. The minimum Gasteiger partial charge on any atom is -0.399 e. The molecule has 0 bridgehead atoms. The number of rotatable bonds is 3. The third-order valence-corrected chi connectivity index (χ3v) is 0.787. The third-order valence-electron chi connectivity index (χ3n) is 0.787. The molecule has 0 aromatic heterocycles. The van der Waals surface area contributed by atoms with Crippen molar-refractivity contribution >= 4 is 0 Å². The van der Waals surface area contributed by atoms with Gasteiger partial charge in [-0.15, -0.1) is 0 Å². The summed E-state index contributed by atoms with van der Waals surface area (Å²) in [6.45, 7) is 5.65. The minimum atomic E-state index is 0.637. The van der Waals surface area contributed by atoms with Crippen LogP contribution in [0.3, 0.4) is 0 Å². The molecule has 1 heteroatoms. The lowest BCUT2D eigenvalue weighted by Gasteiger charge is -1.84. The zero-order chi connectivity index (χ0) is 6.41. The van der Waals surface area contributed by atoms with Crippen LogP contribution in [0.25, 0.3) is 0 Å². The number of hydrogen-bond donors (Lipinski definition) is 1. The molecule has 46 valence electrons. The summed E-state index contributed by atoms with van der Waals surface area (Å²) in [6.07, 6.45) is 6.13. The Hall–Kier alpha value is -0.720. The fourth-order valence-corrected chi connectivity index (χ4v) is 0.401. The molecule has 0 saturated carbocycles. The van der Waals surface area contributed by atoms with E-state index in [0.717, 1.165) is 6.42 Å². The van der Waals surface area contributed by atoms with E-state index in [1.165, 1.54) is 6.42 Å². The van der Waals surface area contributed by atoms with Gasteiger partial charge in [0.05, 0.1) is 0 Å². The molecule has 0 spiro atoms. The molecule has 0 unspecified atom stereocenters. The van der Waals surface area contributed by atoms with Crippen molar-refractivity contribution in [1.82, 2.24) is 0 Å². The van der Waals surface area contributed by atoms with Crippen molar-refractivity contribution in [3.8, 4) is 0 Å². The highest BCUT2D eigenvalue weighted by Gasteiger charge is 1.72. The van der Waals surface area contributed by atoms with Gasteiger partial charge in [0.15, 0.2) is 0 Å². The maximum Gasteiger partial charge on any atom is 0.0237 e. The van der Waals surface area contributed by atoms with E-state index < -0.39 is 0 Å². The molecule has 0 radical (unpaired) electrons. The molecule has 0 aliphatic carbocycles. The zero-order valence-corrected chi connectivity index (χ0v) is 5.35.